The van der Waals surface area contributed by atoms with Gasteiger partial charge in [-0.3, -0.25) is 0 Å². The highest BCUT2D eigenvalue weighted by Crippen LogP contribution is 2.36. The lowest BCUT2D eigenvalue weighted by Gasteiger charge is -2.01. The van der Waals surface area contributed by atoms with Gasteiger partial charge in [-0.2, -0.15) is 0 Å². The van der Waals surface area contributed by atoms with Gasteiger partial charge in [0.05, 0.1) is 13.2 Å². The molecule has 0 atom stereocenters. The monoisotopic (exact) mass is 201 g/mol. The predicted molar refractivity (Wildman–Crippen MR) is 44.6 cm³/mol. The second kappa shape index (κ2) is 2.99. The molecular formula is C7H8ClN3O2. The third-order valence-corrected chi connectivity index (χ3v) is 2.18. The van der Waals surface area contributed by atoms with E-state index in [-0.39, 0.29) is 16.9 Å². The Hall–Kier alpha value is -1.10. The van der Waals surface area contributed by atoms with Gasteiger partial charge in [0, 0.05) is 0 Å². The van der Waals surface area contributed by atoms with Crippen molar-refractivity contribution in [2.75, 3.05) is 7.11 Å². The number of hydrogen-bond donors (Lipinski definition) is 0. The summed E-state index contributed by atoms with van der Waals surface area (Å²) in [6.45, 7) is 0. The van der Waals surface area contributed by atoms with Crippen LogP contribution in [0.1, 0.15) is 29.4 Å². The van der Waals surface area contributed by atoms with Crippen LogP contribution in [0.2, 0.25) is 5.15 Å². The summed E-state index contributed by atoms with van der Waals surface area (Å²) in [6.07, 6.45) is 2.04. The Labute approximate surface area is 79.6 Å². The Balaban J connectivity index is 2.39. The summed E-state index contributed by atoms with van der Waals surface area (Å²) in [4.78, 5) is 11.2. The molecule has 70 valence electrons. The van der Waals surface area contributed by atoms with Crippen LogP contribution in [0.25, 0.3) is 0 Å². The fourth-order valence-electron chi connectivity index (χ4n) is 1.12. The number of esters is 1. The average Bonchev–Trinajstić information content (AvgIpc) is 2.89. The summed E-state index contributed by atoms with van der Waals surface area (Å²) < 4.78 is 6.11. The highest BCUT2D eigenvalue weighted by Gasteiger charge is 2.31. The molecule has 1 heterocycles. The summed E-state index contributed by atoms with van der Waals surface area (Å²) >= 11 is 5.70. The topological polar surface area (TPSA) is 57.0 Å². The SMILES string of the molecule is COC(=O)c1c(Cl)nnn1C1CC1. The van der Waals surface area contributed by atoms with Crippen LogP contribution in [-0.2, 0) is 4.74 Å². The Bertz CT molecular complexity index is 346. The third kappa shape index (κ3) is 1.39. The zero-order valence-electron chi connectivity index (χ0n) is 7.03. The molecule has 0 aliphatic heterocycles. The maximum absolute atomic E-state index is 11.2. The van der Waals surface area contributed by atoms with Crippen molar-refractivity contribution in [1.82, 2.24) is 15.0 Å². The zero-order chi connectivity index (χ0) is 9.42. The summed E-state index contributed by atoms with van der Waals surface area (Å²) in [6, 6.07) is 0.272. The Morgan fingerprint density at radius 3 is 2.92 bits per heavy atom. The molecule has 1 fully saturated rings. The molecule has 13 heavy (non-hydrogen) atoms. The van der Waals surface area contributed by atoms with Crippen molar-refractivity contribution in [2.24, 2.45) is 0 Å². The molecule has 0 amide bonds. The van der Waals surface area contributed by atoms with Crippen LogP contribution in [0.15, 0.2) is 0 Å². The highest BCUT2D eigenvalue weighted by molar-refractivity contribution is 6.32. The number of carbonyl (C=O) groups excluding carboxylic acids is 1. The van der Waals surface area contributed by atoms with Crippen LogP contribution in [0.3, 0.4) is 0 Å². The van der Waals surface area contributed by atoms with Crippen molar-refractivity contribution in [1.29, 1.82) is 0 Å². The lowest BCUT2D eigenvalue weighted by molar-refractivity contribution is 0.0586. The van der Waals surface area contributed by atoms with E-state index in [2.05, 4.69) is 15.0 Å². The Morgan fingerprint density at radius 2 is 2.38 bits per heavy atom. The number of methoxy groups -OCH3 is 1. The van der Waals surface area contributed by atoms with Crippen molar-refractivity contribution in [3.8, 4) is 0 Å². The maximum Gasteiger partial charge on any atom is 0.359 e. The molecule has 0 spiro atoms. The minimum atomic E-state index is -0.484. The van der Waals surface area contributed by atoms with Gasteiger partial charge in [0.2, 0.25) is 0 Å². The molecule has 0 aromatic carbocycles. The summed E-state index contributed by atoms with van der Waals surface area (Å²) in [5.41, 5.74) is 0.256. The predicted octanol–water partition coefficient (Wildman–Crippen LogP) is 1.05. The molecule has 0 saturated heterocycles. The van der Waals surface area contributed by atoms with Gasteiger partial charge in [-0.15, -0.1) is 5.10 Å². The van der Waals surface area contributed by atoms with Crippen molar-refractivity contribution in [2.45, 2.75) is 18.9 Å². The van der Waals surface area contributed by atoms with E-state index in [4.69, 9.17) is 11.6 Å². The number of carbonyl (C=O) groups is 1. The van der Waals surface area contributed by atoms with Crippen molar-refractivity contribution < 1.29 is 9.53 Å². The first-order valence-corrected chi connectivity index (χ1v) is 4.31. The molecule has 1 aromatic heterocycles. The molecule has 5 nitrogen and oxygen atoms in total. The van der Waals surface area contributed by atoms with Crippen molar-refractivity contribution in [3.05, 3.63) is 10.8 Å². The number of hydrogen-bond acceptors (Lipinski definition) is 4. The van der Waals surface area contributed by atoms with Crippen LogP contribution in [0.5, 0.6) is 0 Å². The van der Waals surface area contributed by atoms with Crippen LogP contribution in [-0.4, -0.2) is 28.1 Å². The van der Waals surface area contributed by atoms with E-state index < -0.39 is 5.97 Å². The van der Waals surface area contributed by atoms with Gasteiger partial charge in [-0.25, -0.2) is 9.48 Å². The van der Waals surface area contributed by atoms with E-state index in [0.29, 0.717) is 0 Å². The highest BCUT2D eigenvalue weighted by atomic mass is 35.5. The van der Waals surface area contributed by atoms with Gasteiger partial charge in [0.1, 0.15) is 0 Å². The van der Waals surface area contributed by atoms with E-state index in [0.717, 1.165) is 12.8 Å². The maximum atomic E-state index is 11.2. The lowest BCUT2D eigenvalue weighted by Crippen LogP contribution is -2.11. The van der Waals surface area contributed by atoms with E-state index in [1.165, 1.54) is 11.8 Å². The number of nitrogens with zero attached hydrogens (tertiary/aromatic N) is 3. The number of ether oxygens (including phenoxy) is 1. The molecule has 1 aromatic rings. The van der Waals surface area contributed by atoms with Crippen molar-refractivity contribution in [3.63, 3.8) is 0 Å². The molecule has 6 heteroatoms. The van der Waals surface area contributed by atoms with E-state index >= 15 is 0 Å². The first-order chi connectivity index (χ1) is 6.24. The van der Waals surface area contributed by atoms with Crippen LogP contribution < -0.4 is 0 Å². The standard InChI is InChI=1S/C7H8ClN3O2/c1-13-7(12)5-6(8)9-10-11(5)4-2-3-4/h4H,2-3H2,1H3. The Morgan fingerprint density at radius 1 is 1.69 bits per heavy atom. The second-order valence-corrected chi connectivity index (χ2v) is 3.25. The number of rotatable bonds is 2. The molecule has 0 N–H and O–H groups in total. The summed E-state index contributed by atoms with van der Waals surface area (Å²) in [5, 5.41) is 7.52. The number of aromatic nitrogens is 3. The molecule has 0 radical (unpaired) electrons. The number of halogens is 1. The van der Waals surface area contributed by atoms with Gasteiger partial charge in [-0.1, -0.05) is 16.8 Å². The molecule has 0 bridgehead atoms. The molecular weight excluding hydrogens is 194 g/mol. The van der Waals surface area contributed by atoms with Crippen LogP contribution in [0.4, 0.5) is 0 Å². The quantitative estimate of drug-likeness (QED) is 0.672. The normalized spacial score (nSPS) is 15.8. The molecule has 1 aliphatic carbocycles. The van der Waals surface area contributed by atoms with E-state index in [1.807, 2.05) is 0 Å². The first-order valence-electron chi connectivity index (χ1n) is 3.93. The zero-order valence-corrected chi connectivity index (χ0v) is 7.78. The first kappa shape index (κ1) is 8.50. The Kier molecular flexibility index (Phi) is 1.95. The largest absolute Gasteiger partial charge is 0.464 e. The minimum Gasteiger partial charge on any atom is -0.464 e. The minimum absolute atomic E-state index is 0.110. The molecule has 1 aliphatic rings. The van der Waals surface area contributed by atoms with Gasteiger partial charge in [0.15, 0.2) is 10.8 Å². The molecule has 0 unspecified atom stereocenters. The van der Waals surface area contributed by atoms with E-state index in [1.54, 1.807) is 0 Å². The average molecular weight is 202 g/mol. The summed E-state index contributed by atoms with van der Waals surface area (Å²) in [7, 11) is 1.31. The van der Waals surface area contributed by atoms with Gasteiger partial charge >= 0.3 is 5.97 Å². The van der Waals surface area contributed by atoms with Gasteiger partial charge in [-0.05, 0) is 12.8 Å². The van der Waals surface area contributed by atoms with Crippen LogP contribution >= 0.6 is 11.6 Å². The van der Waals surface area contributed by atoms with Crippen LogP contribution in [0, 0.1) is 0 Å². The fraction of sp³-hybridized carbons (Fsp3) is 0.571. The van der Waals surface area contributed by atoms with E-state index in [9.17, 15) is 4.79 Å². The lowest BCUT2D eigenvalue weighted by atomic mass is 10.4. The molecule has 1 saturated carbocycles. The van der Waals surface area contributed by atoms with Gasteiger partial charge < -0.3 is 4.74 Å². The van der Waals surface area contributed by atoms with Gasteiger partial charge in [0.25, 0.3) is 0 Å². The summed E-state index contributed by atoms with van der Waals surface area (Å²) in [5.74, 6) is -0.484. The molecule has 2 rings (SSSR count). The fourth-order valence-corrected chi connectivity index (χ4v) is 1.32. The smallest absolute Gasteiger partial charge is 0.359 e. The van der Waals surface area contributed by atoms with Crippen molar-refractivity contribution >= 4 is 17.6 Å². The third-order valence-electron chi connectivity index (χ3n) is 1.92. The second-order valence-electron chi connectivity index (χ2n) is 2.90.